The molecule has 1 aromatic rings. The number of benzene rings is 1. The quantitative estimate of drug-likeness (QED) is 0.200. The van der Waals surface area contributed by atoms with Crippen molar-refractivity contribution in [2.24, 2.45) is 0 Å². The molecular formula is C16H17N3O4. The van der Waals surface area contributed by atoms with Crippen LogP contribution in [-0.4, -0.2) is 36.5 Å². The summed E-state index contributed by atoms with van der Waals surface area (Å²) < 4.78 is 4.89. The maximum atomic E-state index is 12.0. The smallest absolute Gasteiger partial charge is 0.349 e. The van der Waals surface area contributed by atoms with Gasteiger partial charge in [-0.1, -0.05) is 0 Å². The van der Waals surface area contributed by atoms with Gasteiger partial charge in [0.1, 0.15) is 11.6 Å². The maximum absolute atomic E-state index is 12.0. The first-order chi connectivity index (χ1) is 10.9. The Bertz CT molecular complexity index is 682. The number of rotatable bonds is 6. The predicted octanol–water partition coefficient (Wildman–Crippen LogP) is 2.51. The molecule has 23 heavy (non-hydrogen) atoms. The van der Waals surface area contributed by atoms with Crippen LogP contribution in [-0.2, 0) is 9.53 Å². The molecule has 7 nitrogen and oxygen atoms in total. The van der Waals surface area contributed by atoms with Crippen LogP contribution in [0.15, 0.2) is 42.1 Å². The summed E-state index contributed by atoms with van der Waals surface area (Å²) in [6.45, 7) is 1.79. The van der Waals surface area contributed by atoms with E-state index in [0.717, 1.165) is 0 Å². The molecule has 0 aromatic heterocycles. The molecule has 0 aliphatic heterocycles. The average molecular weight is 315 g/mol. The number of nitriles is 1. The lowest BCUT2D eigenvalue weighted by Crippen LogP contribution is -2.09. The molecule has 0 bridgehead atoms. The summed E-state index contributed by atoms with van der Waals surface area (Å²) in [5, 5.41) is 20.0. The summed E-state index contributed by atoms with van der Waals surface area (Å²) in [5.74, 6) is -0.730. The van der Waals surface area contributed by atoms with Crippen molar-refractivity contribution in [3.05, 3.63) is 57.8 Å². The van der Waals surface area contributed by atoms with Gasteiger partial charge in [-0.3, -0.25) is 10.1 Å². The van der Waals surface area contributed by atoms with Crippen LogP contribution < -0.4 is 0 Å². The van der Waals surface area contributed by atoms with Gasteiger partial charge >= 0.3 is 5.97 Å². The number of carbonyl (C=O) groups excluding carboxylic acids is 1. The summed E-state index contributed by atoms with van der Waals surface area (Å²) in [6, 6.07) is 7.46. The van der Waals surface area contributed by atoms with Crippen LogP contribution in [0, 0.1) is 21.4 Å². The van der Waals surface area contributed by atoms with Crippen LogP contribution in [0.5, 0.6) is 0 Å². The molecule has 0 heterocycles. The Morgan fingerprint density at radius 1 is 1.39 bits per heavy atom. The van der Waals surface area contributed by atoms with E-state index in [9.17, 15) is 20.2 Å². The largest absolute Gasteiger partial charge is 0.462 e. The van der Waals surface area contributed by atoms with E-state index < -0.39 is 10.9 Å². The number of hydrogen-bond donors (Lipinski definition) is 0. The Labute approximate surface area is 134 Å². The third kappa shape index (κ3) is 4.97. The molecule has 0 saturated heterocycles. The zero-order chi connectivity index (χ0) is 17.4. The van der Waals surface area contributed by atoms with Crippen molar-refractivity contribution in [3.8, 4) is 6.07 Å². The van der Waals surface area contributed by atoms with Crippen LogP contribution in [0.3, 0.4) is 0 Å². The monoisotopic (exact) mass is 315 g/mol. The predicted molar refractivity (Wildman–Crippen MR) is 85.1 cm³/mol. The molecule has 7 heteroatoms. The Balaban J connectivity index is 3.42. The van der Waals surface area contributed by atoms with Gasteiger partial charge in [-0.05, 0) is 36.9 Å². The number of esters is 1. The van der Waals surface area contributed by atoms with Gasteiger partial charge in [0, 0.05) is 31.8 Å². The SMILES string of the molecule is CCOC(=O)C(C#N)=C(C=CN(C)C)c1ccc([N+](=O)[O-])cc1. The number of nitro groups is 1. The highest BCUT2D eigenvalue weighted by Crippen LogP contribution is 2.24. The van der Waals surface area contributed by atoms with Gasteiger partial charge in [0.2, 0.25) is 0 Å². The van der Waals surface area contributed by atoms with E-state index in [-0.39, 0.29) is 17.9 Å². The average Bonchev–Trinajstić information content (AvgIpc) is 2.51. The Morgan fingerprint density at radius 2 is 2.00 bits per heavy atom. The van der Waals surface area contributed by atoms with Crippen molar-refractivity contribution in [2.45, 2.75) is 6.92 Å². The molecule has 1 rings (SSSR count). The van der Waals surface area contributed by atoms with Crippen molar-refractivity contribution < 1.29 is 14.5 Å². The minimum absolute atomic E-state index is 0.0701. The van der Waals surface area contributed by atoms with Crippen molar-refractivity contribution in [1.82, 2.24) is 4.90 Å². The van der Waals surface area contributed by atoms with Crippen molar-refractivity contribution in [1.29, 1.82) is 5.26 Å². The normalized spacial score (nSPS) is 11.6. The van der Waals surface area contributed by atoms with Crippen LogP contribution in [0.4, 0.5) is 5.69 Å². The number of carbonyl (C=O) groups is 1. The fourth-order valence-electron chi connectivity index (χ4n) is 1.73. The molecule has 0 aliphatic rings. The summed E-state index contributed by atoms with van der Waals surface area (Å²) in [4.78, 5) is 23.9. The van der Waals surface area contributed by atoms with Crippen LogP contribution in [0.2, 0.25) is 0 Å². The molecule has 120 valence electrons. The van der Waals surface area contributed by atoms with Crippen LogP contribution in [0.1, 0.15) is 12.5 Å². The second kappa shape index (κ2) is 8.34. The van der Waals surface area contributed by atoms with Gasteiger partial charge in [-0.25, -0.2) is 4.79 Å². The van der Waals surface area contributed by atoms with Crippen LogP contribution >= 0.6 is 0 Å². The highest BCUT2D eigenvalue weighted by molar-refractivity contribution is 6.03. The van der Waals surface area contributed by atoms with E-state index >= 15 is 0 Å². The molecular weight excluding hydrogens is 298 g/mol. The van der Waals surface area contributed by atoms with Crippen LogP contribution in [0.25, 0.3) is 5.57 Å². The van der Waals surface area contributed by atoms with Gasteiger partial charge < -0.3 is 9.64 Å². The molecule has 0 fully saturated rings. The standard InChI is InChI=1S/C16H17N3O4/c1-4-23-16(20)15(11-17)14(9-10-18(2)3)12-5-7-13(8-6-12)19(21)22/h5-10H,4H2,1-3H3. The lowest BCUT2D eigenvalue weighted by atomic mass is 10.00. The molecule has 0 unspecified atom stereocenters. The topological polar surface area (TPSA) is 96.5 Å². The number of nitrogens with zero attached hydrogens (tertiary/aromatic N) is 3. The van der Waals surface area contributed by atoms with Crippen molar-refractivity contribution in [3.63, 3.8) is 0 Å². The molecule has 0 aliphatic carbocycles. The maximum Gasteiger partial charge on any atom is 0.349 e. The number of hydrogen-bond acceptors (Lipinski definition) is 6. The van der Waals surface area contributed by atoms with E-state index in [1.807, 2.05) is 6.07 Å². The highest BCUT2D eigenvalue weighted by atomic mass is 16.6. The first-order valence-corrected chi connectivity index (χ1v) is 6.81. The lowest BCUT2D eigenvalue weighted by Gasteiger charge is -2.09. The summed E-state index contributed by atoms with van der Waals surface area (Å²) in [5.41, 5.74) is 0.631. The number of allylic oxidation sites excluding steroid dienone is 2. The van der Waals surface area contributed by atoms with Gasteiger partial charge in [-0.2, -0.15) is 5.26 Å². The number of non-ortho nitro benzene ring substituents is 1. The van der Waals surface area contributed by atoms with Gasteiger partial charge in [0.15, 0.2) is 0 Å². The summed E-state index contributed by atoms with van der Waals surface area (Å²) >= 11 is 0. The summed E-state index contributed by atoms with van der Waals surface area (Å²) in [7, 11) is 3.58. The van der Waals surface area contributed by atoms with Crippen molar-refractivity contribution >= 4 is 17.2 Å². The Kier molecular flexibility index (Phi) is 6.49. The second-order valence-electron chi connectivity index (χ2n) is 4.70. The minimum atomic E-state index is -0.730. The zero-order valence-corrected chi connectivity index (χ0v) is 13.1. The third-order valence-corrected chi connectivity index (χ3v) is 2.79. The molecule has 0 spiro atoms. The Morgan fingerprint density at radius 3 is 2.43 bits per heavy atom. The van der Waals surface area contributed by atoms with Gasteiger partial charge in [-0.15, -0.1) is 0 Å². The van der Waals surface area contributed by atoms with Crippen molar-refractivity contribution in [2.75, 3.05) is 20.7 Å². The molecule has 0 N–H and O–H groups in total. The first kappa shape index (κ1) is 17.9. The van der Waals surface area contributed by atoms with E-state index in [1.165, 1.54) is 24.3 Å². The zero-order valence-electron chi connectivity index (χ0n) is 13.1. The summed E-state index contributed by atoms with van der Waals surface area (Å²) in [6.07, 6.45) is 3.27. The van der Waals surface area contributed by atoms with E-state index in [1.54, 1.807) is 38.2 Å². The fourth-order valence-corrected chi connectivity index (χ4v) is 1.73. The molecule has 0 amide bonds. The molecule has 0 radical (unpaired) electrons. The van der Waals surface area contributed by atoms with Gasteiger partial charge in [0.25, 0.3) is 5.69 Å². The molecule has 0 atom stereocenters. The Hall–Kier alpha value is -3.14. The minimum Gasteiger partial charge on any atom is -0.462 e. The van der Waals surface area contributed by atoms with Gasteiger partial charge in [0.05, 0.1) is 11.5 Å². The fraction of sp³-hybridized carbons (Fsp3) is 0.250. The third-order valence-electron chi connectivity index (χ3n) is 2.79. The molecule has 1 aromatic carbocycles. The first-order valence-electron chi connectivity index (χ1n) is 6.81. The number of nitro benzene ring substituents is 1. The van der Waals surface area contributed by atoms with E-state index in [0.29, 0.717) is 11.1 Å². The van der Waals surface area contributed by atoms with E-state index in [2.05, 4.69) is 0 Å². The lowest BCUT2D eigenvalue weighted by molar-refractivity contribution is -0.384. The molecule has 0 saturated carbocycles. The number of ether oxygens (including phenoxy) is 1. The highest BCUT2D eigenvalue weighted by Gasteiger charge is 2.17. The van der Waals surface area contributed by atoms with E-state index in [4.69, 9.17) is 4.74 Å². The second-order valence-corrected chi connectivity index (χ2v) is 4.70.